The van der Waals surface area contributed by atoms with Gasteiger partial charge in [-0.15, -0.1) is 0 Å². The highest BCUT2D eigenvalue weighted by molar-refractivity contribution is 6.34. The van der Waals surface area contributed by atoms with Crippen molar-refractivity contribution >= 4 is 29.0 Å². The number of aryl methyl sites for hydroxylation is 1. The topological polar surface area (TPSA) is 68.0 Å². The van der Waals surface area contributed by atoms with E-state index in [2.05, 4.69) is 10.3 Å². The molecule has 6 heteroatoms. The fourth-order valence-electron chi connectivity index (χ4n) is 1.61. The second-order valence-corrected chi connectivity index (χ2v) is 4.33. The molecule has 1 heterocycles. The molecule has 1 amide bonds. The minimum Gasteiger partial charge on any atom is -0.384 e. The Morgan fingerprint density at radius 1 is 1.37 bits per heavy atom. The van der Waals surface area contributed by atoms with Crippen molar-refractivity contribution in [1.82, 2.24) is 4.98 Å². The number of carbonyl (C=O) groups excluding carboxylic acids is 1. The summed E-state index contributed by atoms with van der Waals surface area (Å²) in [5.41, 5.74) is 6.32. The first-order chi connectivity index (χ1) is 8.99. The molecule has 4 nitrogen and oxygen atoms in total. The summed E-state index contributed by atoms with van der Waals surface area (Å²) >= 11 is 5.82. The minimum absolute atomic E-state index is 0.0542. The molecule has 2 aromatic rings. The summed E-state index contributed by atoms with van der Waals surface area (Å²) < 4.78 is 13.6. The van der Waals surface area contributed by atoms with Gasteiger partial charge in [0.25, 0.3) is 5.91 Å². The highest BCUT2D eigenvalue weighted by atomic mass is 35.5. The van der Waals surface area contributed by atoms with Crippen molar-refractivity contribution in [1.29, 1.82) is 0 Å². The maximum absolute atomic E-state index is 13.6. The predicted octanol–water partition coefficient (Wildman–Crippen LogP) is 3.02. The summed E-state index contributed by atoms with van der Waals surface area (Å²) in [6, 6.07) is 7.21. The van der Waals surface area contributed by atoms with E-state index in [1.807, 2.05) is 0 Å². The lowest BCUT2D eigenvalue weighted by atomic mass is 10.2. The number of carbonyl (C=O) groups is 1. The number of rotatable bonds is 2. The number of nitrogens with two attached hydrogens (primary N) is 1. The van der Waals surface area contributed by atoms with Gasteiger partial charge in [-0.1, -0.05) is 17.7 Å². The molecule has 0 fully saturated rings. The molecular formula is C13H11ClFN3O. The Labute approximate surface area is 114 Å². The molecule has 0 atom stereocenters. The zero-order valence-electron chi connectivity index (χ0n) is 10.1. The van der Waals surface area contributed by atoms with Crippen LogP contribution < -0.4 is 11.1 Å². The molecule has 0 aliphatic heterocycles. The lowest BCUT2D eigenvalue weighted by molar-refractivity contribution is 0.102. The summed E-state index contributed by atoms with van der Waals surface area (Å²) in [5, 5.41) is 2.61. The van der Waals surface area contributed by atoms with Gasteiger partial charge in [-0.3, -0.25) is 4.79 Å². The van der Waals surface area contributed by atoms with E-state index in [0.717, 1.165) is 0 Å². The molecule has 2 rings (SSSR count). The quantitative estimate of drug-likeness (QED) is 0.888. The molecule has 0 saturated heterocycles. The number of anilines is 2. The zero-order valence-corrected chi connectivity index (χ0v) is 10.8. The Hall–Kier alpha value is -2.14. The van der Waals surface area contributed by atoms with E-state index in [0.29, 0.717) is 17.2 Å². The molecule has 0 radical (unpaired) electrons. The Morgan fingerprint density at radius 3 is 2.74 bits per heavy atom. The molecule has 1 aromatic heterocycles. The molecule has 0 unspecified atom stereocenters. The highest BCUT2D eigenvalue weighted by Gasteiger charge is 2.16. The monoisotopic (exact) mass is 279 g/mol. The second kappa shape index (κ2) is 5.24. The van der Waals surface area contributed by atoms with Crippen LogP contribution in [0.15, 0.2) is 30.3 Å². The summed E-state index contributed by atoms with van der Waals surface area (Å²) in [6.07, 6.45) is 0. The van der Waals surface area contributed by atoms with Crippen molar-refractivity contribution in [3.63, 3.8) is 0 Å². The number of benzene rings is 1. The van der Waals surface area contributed by atoms with Gasteiger partial charge in [0.1, 0.15) is 11.6 Å². The summed E-state index contributed by atoms with van der Waals surface area (Å²) in [7, 11) is 0. The third kappa shape index (κ3) is 2.82. The van der Waals surface area contributed by atoms with Gasteiger partial charge >= 0.3 is 0 Å². The Bertz CT molecular complexity index is 626. The van der Waals surface area contributed by atoms with Crippen LogP contribution in [-0.4, -0.2) is 10.9 Å². The number of nitrogens with zero attached hydrogens (tertiary/aromatic N) is 1. The van der Waals surface area contributed by atoms with E-state index in [4.69, 9.17) is 17.3 Å². The van der Waals surface area contributed by atoms with Crippen molar-refractivity contribution in [2.45, 2.75) is 6.92 Å². The van der Waals surface area contributed by atoms with Crippen molar-refractivity contribution < 1.29 is 9.18 Å². The third-order valence-electron chi connectivity index (χ3n) is 2.55. The first kappa shape index (κ1) is 13.3. The lowest BCUT2D eigenvalue weighted by Crippen LogP contribution is -2.15. The van der Waals surface area contributed by atoms with Gasteiger partial charge in [0.15, 0.2) is 0 Å². The highest BCUT2D eigenvalue weighted by Crippen LogP contribution is 2.21. The number of amides is 1. The van der Waals surface area contributed by atoms with Crippen molar-refractivity contribution in [3.8, 4) is 0 Å². The van der Waals surface area contributed by atoms with Crippen LogP contribution in [0.25, 0.3) is 0 Å². The smallest absolute Gasteiger partial charge is 0.260 e. The SMILES string of the molecule is Cc1nc(N)ccc1NC(=O)c1c(F)cccc1Cl. The van der Waals surface area contributed by atoms with Gasteiger partial charge in [0.2, 0.25) is 0 Å². The molecule has 0 aliphatic carbocycles. The molecule has 0 bridgehead atoms. The number of hydrogen-bond acceptors (Lipinski definition) is 3. The van der Waals surface area contributed by atoms with E-state index in [9.17, 15) is 9.18 Å². The largest absolute Gasteiger partial charge is 0.384 e. The van der Waals surface area contributed by atoms with E-state index >= 15 is 0 Å². The molecular weight excluding hydrogens is 269 g/mol. The van der Waals surface area contributed by atoms with Crippen LogP contribution in [-0.2, 0) is 0 Å². The molecule has 3 N–H and O–H groups in total. The Morgan fingerprint density at radius 2 is 2.11 bits per heavy atom. The number of pyridine rings is 1. The lowest BCUT2D eigenvalue weighted by Gasteiger charge is -2.09. The minimum atomic E-state index is -0.675. The first-order valence-electron chi connectivity index (χ1n) is 5.47. The van der Waals surface area contributed by atoms with Crippen molar-refractivity contribution in [2.24, 2.45) is 0 Å². The van der Waals surface area contributed by atoms with Gasteiger partial charge < -0.3 is 11.1 Å². The van der Waals surface area contributed by atoms with Crippen LogP contribution in [0.2, 0.25) is 5.02 Å². The second-order valence-electron chi connectivity index (χ2n) is 3.92. The normalized spacial score (nSPS) is 10.3. The van der Waals surface area contributed by atoms with Crippen LogP contribution >= 0.6 is 11.6 Å². The van der Waals surface area contributed by atoms with E-state index in [-0.39, 0.29) is 10.6 Å². The fourth-order valence-corrected chi connectivity index (χ4v) is 1.86. The first-order valence-corrected chi connectivity index (χ1v) is 5.85. The molecule has 0 aliphatic rings. The average molecular weight is 280 g/mol. The molecule has 19 heavy (non-hydrogen) atoms. The van der Waals surface area contributed by atoms with E-state index in [1.54, 1.807) is 19.1 Å². The van der Waals surface area contributed by atoms with E-state index < -0.39 is 11.7 Å². The molecule has 0 saturated carbocycles. The van der Waals surface area contributed by atoms with Gasteiger partial charge in [0, 0.05) is 0 Å². The van der Waals surface area contributed by atoms with Gasteiger partial charge in [-0.05, 0) is 31.2 Å². The van der Waals surface area contributed by atoms with Gasteiger partial charge in [0.05, 0.1) is 22.0 Å². The van der Waals surface area contributed by atoms with Crippen LogP contribution in [0.4, 0.5) is 15.9 Å². The number of halogens is 2. The molecule has 0 spiro atoms. The van der Waals surface area contributed by atoms with Gasteiger partial charge in [-0.25, -0.2) is 9.37 Å². The van der Waals surface area contributed by atoms with Crippen LogP contribution in [0.3, 0.4) is 0 Å². The standard InChI is InChI=1S/C13H11ClFN3O/c1-7-10(5-6-11(16)17-7)18-13(19)12-8(14)3-2-4-9(12)15/h2-6H,1H3,(H2,16,17)(H,18,19). The number of nitrogens with one attached hydrogen (secondary N) is 1. The van der Waals surface area contributed by atoms with E-state index in [1.165, 1.54) is 18.2 Å². The summed E-state index contributed by atoms with van der Waals surface area (Å²) in [6.45, 7) is 1.69. The summed E-state index contributed by atoms with van der Waals surface area (Å²) in [5.74, 6) is -0.955. The van der Waals surface area contributed by atoms with Crippen LogP contribution in [0, 0.1) is 12.7 Å². The van der Waals surface area contributed by atoms with Crippen molar-refractivity contribution in [3.05, 3.63) is 52.4 Å². The number of hydrogen-bond donors (Lipinski definition) is 2. The average Bonchev–Trinajstić information content (AvgIpc) is 2.32. The maximum atomic E-state index is 13.6. The summed E-state index contributed by atoms with van der Waals surface area (Å²) in [4.78, 5) is 16.0. The van der Waals surface area contributed by atoms with Crippen LogP contribution in [0.5, 0.6) is 0 Å². The Balaban J connectivity index is 2.31. The Kier molecular flexibility index (Phi) is 3.66. The number of nitrogen functional groups attached to an aromatic ring is 1. The van der Waals surface area contributed by atoms with Gasteiger partial charge in [-0.2, -0.15) is 0 Å². The molecule has 1 aromatic carbocycles. The maximum Gasteiger partial charge on any atom is 0.260 e. The molecule has 98 valence electrons. The van der Waals surface area contributed by atoms with Crippen molar-refractivity contribution in [2.75, 3.05) is 11.1 Å². The fraction of sp³-hybridized carbons (Fsp3) is 0.0769. The number of aromatic nitrogens is 1. The predicted molar refractivity (Wildman–Crippen MR) is 72.7 cm³/mol. The zero-order chi connectivity index (χ0) is 14.0. The third-order valence-corrected chi connectivity index (χ3v) is 2.86. The van der Waals surface area contributed by atoms with Crippen LogP contribution in [0.1, 0.15) is 16.1 Å².